The van der Waals surface area contributed by atoms with E-state index in [0.717, 1.165) is 18.7 Å². The van der Waals surface area contributed by atoms with Crippen LogP contribution in [-0.4, -0.2) is 24.7 Å². The van der Waals surface area contributed by atoms with Gasteiger partial charge in [0.2, 0.25) is 0 Å². The molecule has 0 aliphatic heterocycles. The van der Waals surface area contributed by atoms with E-state index >= 15 is 0 Å². The summed E-state index contributed by atoms with van der Waals surface area (Å²) in [5.41, 5.74) is 1.06. The largest absolute Gasteiger partial charge is 0.385 e. The summed E-state index contributed by atoms with van der Waals surface area (Å²) < 4.78 is 4.99. The molecule has 0 radical (unpaired) electrons. The first-order valence-electron chi connectivity index (χ1n) is 4.48. The highest BCUT2D eigenvalue weighted by Gasteiger charge is 2.00. The molecule has 0 spiro atoms. The molecule has 1 atom stereocenters. The number of hydrogen-bond donors (Lipinski definition) is 1. The Kier molecular flexibility index (Phi) is 4.26. The molecule has 0 fully saturated rings. The Labute approximate surface area is 79.1 Å². The van der Waals surface area contributed by atoms with Crippen LogP contribution in [0.1, 0.15) is 13.3 Å². The molecule has 1 heterocycles. The molecule has 0 amide bonds. The molecule has 1 aromatic heterocycles. The van der Waals surface area contributed by atoms with Crippen molar-refractivity contribution < 1.29 is 4.74 Å². The number of anilines is 1. The average molecular weight is 180 g/mol. The molecular formula is C10H16N2O. The van der Waals surface area contributed by atoms with Crippen molar-refractivity contribution >= 4 is 5.69 Å². The van der Waals surface area contributed by atoms with Crippen LogP contribution in [0.25, 0.3) is 0 Å². The molecule has 72 valence electrons. The SMILES string of the molecule is COCCC(C)Nc1cccnc1. The van der Waals surface area contributed by atoms with Crippen LogP contribution in [0.3, 0.4) is 0 Å². The molecule has 0 aromatic carbocycles. The van der Waals surface area contributed by atoms with Crippen LogP contribution >= 0.6 is 0 Å². The predicted molar refractivity (Wildman–Crippen MR) is 53.8 cm³/mol. The predicted octanol–water partition coefficient (Wildman–Crippen LogP) is 1.92. The van der Waals surface area contributed by atoms with E-state index in [1.807, 2.05) is 18.3 Å². The zero-order chi connectivity index (χ0) is 9.52. The van der Waals surface area contributed by atoms with Gasteiger partial charge >= 0.3 is 0 Å². The molecule has 3 nitrogen and oxygen atoms in total. The Balaban J connectivity index is 2.32. The average Bonchev–Trinajstić information content (AvgIpc) is 2.16. The van der Waals surface area contributed by atoms with Crippen molar-refractivity contribution in [2.45, 2.75) is 19.4 Å². The number of hydrogen-bond acceptors (Lipinski definition) is 3. The Morgan fingerprint density at radius 1 is 1.62 bits per heavy atom. The highest BCUT2D eigenvalue weighted by Crippen LogP contribution is 2.06. The van der Waals surface area contributed by atoms with Crippen molar-refractivity contribution in [3.8, 4) is 0 Å². The van der Waals surface area contributed by atoms with Crippen molar-refractivity contribution in [1.82, 2.24) is 4.98 Å². The Bertz CT molecular complexity index is 226. The van der Waals surface area contributed by atoms with E-state index in [0.29, 0.717) is 6.04 Å². The minimum Gasteiger partial charge on any atom is -0.385 e. The third-order valence-electron chi connectivity index (χ3n) is 1.83. The first-order chi connectivity index (χ1) is 6.33. The van der Waals surface area contributed by atoms with E-state index in [1.165, 1.54) is 0 Å². The molecule has 1 rings (SSSR count). The molecule has 0 bridgehead atoms. The lowest BCUT2D eigenvalue weighted by atomic mass is 10.2. The lowest BCUT2D eigenvalue weighted by Gasteiger charge is -2.13. The van der Waals surface area contributed by atoms with Gasteiger partial charge in [0.05, 0.1) is 5.69 Å². The second-order valence-electron chi connectivity index (χ2n) is 3.07. The number of nitrogens with one attached hydrogen (secondary N) is 1. The monoisotopic (exact) mass is 180 g/mol. The molecule has 0 saturated heterocycles. The van der Waals surface area contributed by atoms with E-state index in [2.05, 4.69) is 17.2 Å². The molecule has 0 saturated carbocycles. The topological polar surface area (TPSA) is 34.1 Å². The van der Waals surface area contributed by atoms with Gasteiger partial charge < -0.3 is 10.1 Å². The van der Waals surface area contributed by atoms with Crippen LogP contribution in [0.4, 0.5) is 5.69 Å². The normalized spacial score (nSPS) is 12.5. The summed E-state index contributed by atoms with van der Waals surface area (Å²) >= 11 is 0. The Morgan fingerprint density at radius 2 is 2.46 bits per heavy atom. The quantitative estimate of drug-likeness (QED) is 0.751. The fraction of sp³-hybridized carbons (Fsp3) is 0.500. The van der Waals surface area contributed by atoms with E-state index in [4.69, 9.17) is 4.74 Å². The van der Waals surface area contributed by atoms with Gasteiger partial charge in [-0.2, -0.15) is 0 Å². The molecule has 13 heavy (non-hydrogen) atoms. The van der Waals surface area contributed by atoms with Crippen LogP contribution in [0.2, 0.25) is 0 Å². The third kappa shape index (κ3) is 3.90. The van der Waals surface area contributed by atoms with Crippen molar-refractivity contribution in [2.24, 2.45) is 0 Å². The standard InChI is InChI=1S/C10H16N2O/c1-9(5-7-13-2)12-10-4-3-6-11-8-10/h3-4,6,8-9,12H,5,7H2,1-2H3. The van der Waals surface area contributed by atoms with E-state index in [9.17, 15) is 0 Å². The van der Waals surface area contributed by atoms with E-state index in [1.54, 1.807) is 13.3 Å². The van der Waals surface area contributed by atoms with Gasteiger partial charge in [-0.15, -0.1) is 0 Å². The maximum absolute atomic E-state index is 4.99. The summed E-state index contributed by atoms with van der Waals surface area (Å²) in [5, 5.41) is 3.33. The third-order valence-corrected chi connectivity index (χ3v) is 1.83. The molecule has 1 unspecified atom stereocenters. The number of nitrogens with zero attached hydrogens (tertiary/aromatic N) is 1. The van der Waals surface area contributed by atoms with Gasteiger partial charge in [-0.25, -0.2) is 0 Å². The van der Waals surface area contributed by atoms with Gasteiger partial charge in [-0.05, 0) is 25.5 Å². The second-order valence-corrected chi connectivity index (χ2v) is 3.07. The lowest BCUT2D eigenvalue weighted by Crippen LogP contribution is -2.17. The number of rotatable bonds is 5. The summed E-state index contributed by atoms with van der Waals surface area (Å²) in [6, 6.07) is 4.35. The first kappa shape index (κ1) is 9.99. The maximum Gasteiger partial charge on any atom is 0.0528 e. The number of aromatic nitrogens is 1. The Morgan fingerprint density at radius 3 is 3.08 bits per heavy atom. The summed E-state index contributed by atoms with van der Waals surface area (Å²) in [5.74, 6) is 0. The minimum atomic E-state index is 0.421. The van der Waals surface area contributed by atoms with Gasteiger partial charge in [0, 0.05) is 32.2 Å². The van der Waals surface area contributed by atoms with Gasteiger partial charge in [-0.1, -0.05) is 0 Å². The van der Waals surface area contributed by atoms with Crippen LogP contribution in [0.5, 0.6) is 0 Å². The fourth-order valence-corrected chi connectivity index (χ4v) is 1.10. The Hall–Kier alpha value is -1.09. The molecule has 3 heteroatoms. The van der Waals surface area contributed by atoms with Crippen LogP contribution in [0.15, 0.2) is 24.5 Å². The highest BCUT2D eigenvalue weighted by atomic mass is 16.5. The van der Waals surface area contributed by atoms with Crippen molar-refractivity contribution in [1.29, 1.82) is 0 Å². The smallest absolute Gasteiger partial charge is 0.0528 e. The fourth-order valence-electron chi connectivity index (χ4n) is 1.10. The van der Waals surface area contributed by atoms with Gasteiger partial charge in [0.15, 0.2) is 0 Å². The zero-order valence-corrected chi connectivity index (χ0v) is 8.16. The number of ether oxygens (including phenoxy) is 1. The number of pyridine rings is 1. The van der Waals surface area contributed by atoms with Crippen molar-refractivity contribution in [3.05, 3.63) is 24.5 Å². The van der Waals surface area contributed by atoms with Crippen LogP contribution < -0.4 is 5.32 Å². The second kappa shape index (κ2) is 5.54. The summed E-state index contributed by atoms with van der Waals surface area (Å²) in [7, 11) is 1.72. The van der Waals surface area contributed by atoms with Crippen LogP contribution in [0, 0.1) is 0 Å². The minimum absolute atomic E-state index is 0.421. The lowest BCUT2D eigenvalue weighted by molar-refractivity contribution is 0.191. The van der Waals surface area contributed by atoms with E-state index in [-0.39, 0.29) is 0 Å². The van der Waals surface area contributed by atoms with Gasteiger partial charge in [0.25, 0.3) is 0 Å². The molecule has 1 aromatic rings. The highest BCUT2D eigenvalue weighted by molar-refractivity contribution is 5.40. The molecular weight excluding hydrogens is 164 g/mol. The summed E-state index contributed by atoms with van der Waals surface area (Å²) in [4.78, 5) is 4.02. The van der Waals surface area contributed by atoms with Gasteiger partial charge in [0.1, 0.15) is 0 Å². The first-order valence-corrected chi connectivity index (χ1v) is 4.48. The van der Waals surface area contributed by atoms with Crippen molar-refractivity contribution in [2.75, 3.05) is 19.0 Å². The summed E-state index contributed by atoms with van der Waals surface area (Å²) in [6.45, 7) is 2.92. The zero-order valence-electron chi connectivity index (χ0n) is 8.16. The summed E-state index contributed by atoms with van der Waals surface area (Å²) in [6.07, 6.45) is 4.60. The molecule has 0 aliphatic rings. The maximum atomic E-state index is 4.99. The molecule has 1 N–H and O–H groups in total. The van der Waals surface area contributed by atoms with E-state index < -0.39 is 0 Å². The van der Waals surface area contributed by atoms with Gasteiger partial charge in [-0.3, -0.25) is 4.98 Å². The van der Waals surface area contributed by atoms with Crippen LogP contribution in [-0.2, 0) is 4.74 Å². The van der Waals surface area contributed by atoms with Crippen molar-refractivity contribution in [3.63, 3.8) is 0 Å². The molecule has 0 aliphatic carbocycles. The number of methoxy groups -OCH3 is 1.